The Balaban J connectivity index is 2.42. The Hall–Kier alpha value is -1.01. The summed E-state index contributed by atoms with van der Waals surface area (Å²) >= 11 is 5.69. The second kappa shape index (κ2) is 4.02. The van der Waals surface area contributed by atoms with Crippen LogP contribution in [-0.2, 0) is 19.4 Å². The molecule has 0 aromatic carbocycles. The number of rotatable bonds is 2. The average Bonchev–Trinajstić information content (AvgIpc) is 2.58. The highest BCUT2D eigenvalue weighted by Crippen LogP contribution is 2.20. The van der Waals surface area contributed by atoms with E-state index in [-0.39, 0.29) is 0 Å². The first-order chi connectivity index (χ1) is 6.86. The van der Waals surface area contributed by atoms with E-state index in [0.717, 1.165) is 30.9 Å². The van der Waals surface area contributed by atoms with Crippen LogP contribution in [0.3, 0.4) is 0 Å². The summed E-state index contributed by atoms with van der Waals surface area (Å²) in [7, 11) is 0. The molecule has 0 fully saturated rings. The molecule has 2 rings (SSSR count). The molecule has 3 nitrogen and oxygen atoms in total. The van der Waals surface area contributed by atoms with Gasteiger partial charge >= 0.3 is 0 Å². The first kappa shape index (κ1) is 9.54. The smallest absolute Gasteiger partial charge is 0.161 e. The van der Waals surface area contributed by atoms with E-state index in [2.05, 4.69) is 15.6 Å². The van der Waals surface area contributed by atoms with Crippen LogP contribution in [0.2, 0.25) is 0 Å². The Morgan fingerprint density at radius 2 is 2.36 bits per heavy atom. The van der Waals surface area contributed by atoms with Gasteiger partial charge in [-0.25, -0.2) is 4.98 Å². The monoisotopic (exact) mass is 209 g/mol. The number of halogens is 1. The van der Waals surface area contributed by atoms with E-state index in [1.54, 1.807) is 0 Å². The zero-order chi connectivity index (χ0) is 9.97. The molecule has 0 amide bonds. The third kappa shape index (κ3) is 1.51. The number of imidazole rings is 1. The van der Waals surface area contributed by atoms with E-state index in [1.807, 2.05) is 0 Å². The summed E-state index contributed by atoms with van der Waals surface area (Å²) in [6.45, 7) is 0.996. The van der Waals surface area contributed by atoms with Crippen molar-refractivity contribution in [2.75, 3.05) is 5.88 Å². The van der Waals surface area contributed by atoms with Gasteiger partial charge in [-0.05, 0) is 19.3 Å². The number of hydrogen-bond acceptors (Lipinski definition) is 2. The molecule has 0 saturated carbocycles. The molecule has 14 heavy (non-hydrogen) atoms. The molecule has 0 radical (unpaired) electrons. The highest BCUT2D eigenvalue weighted by Gasteiger charge is 2.18. The summed E-state index contributed by atoms with van der Waals surface area (Å²) in [6, 6.07) is 2.16. The molecule has 74 valence electrons. The maximum absolute atomic E-state index is 8.92. The first-order valence-electron chi connectivity index (χ1n) is 4.91. The van der Waals surface area contributed by atoms with Crippen molar-refractivity contribution in [3.05, 3.63) is 17.2 Å². The van der Waals surface area contributed by atoms with E-state index in [9.17, 15) is 0 Å². The SMILES string of the molecule is N#Cc1nc(CCCl)n2c1CCCC2. The van der Waals surface area contributed by atoms with E-state index < -0.39 is 0 Å². The molecule has 1 aromatic heterocycles. The normalized spacial score (nSPS) is 14.9. The zero-order valence-electron chi connectivity index (χ0n) is 7.96. The van der Waals surface area contributed by atoms with Crippen LogP contribution in [-0.4, -0.2) is 15.4 Å². The van der Waals surface area contributed by atoms with E-state index in [0.29, 0.717) is 11.6 Å². The van der Waals surface area contributed by atoms with Gasteiger partial charge in [0.25, 0.3) is 0 Å². The number of nitrogens with zero attached hydrogens (tertiary/aromatic N) is 3. The molecule has 1 aromatic rings. The summed E-state index contributed by atoms with van der Waals surface area (Å²) in [5.74, 6) is 1.55. The molecule has 0 saturated heterocycles. The van der Waals surface area contributed by atoms with E-state index in [1.165, 1.54) is 12.8 Å². The molecule has 0 bridgehead atoms. The summed E-state index contributed by atoms with van der Waals surface area (Å²) in [6.07, 6.45) is 4.10. The minimum absolute atomic E-state index is 0.571. The van der Waals surface area contributed by atoms with E-state index >= 15 is 0 Å². The Kier molecular flexibility index (Phi) is 2.74. The van der Waals surface area contributed by atoms with Crippen LogP contribution in [0.1, 0.15) is 30.1 Å². The summed E-state index contributed by atoms with van der Waals surface area (Å²) in [5, 5.41) is 8.92. The summed E-state index contributed by atoms with van der Waals surface area (Å²) < 4.78 is 2.17. The van der Waals surface area contributed by atoms with Gasteiger partial charge in [-0.15, -0.1) is 11.6 Å². The van der Waals surface area contributed by atoms with Crippen LogP contribution in [0, 0.1) is 11.3 Å². The molecule has 0 aliphatic carbocycles. The third-order valence-corrected chi connectivity index (χ3v) is 2.81. The van der Waals surface area contributed by atoms with Crippen molar-refractivity contribution in [2.45, 2.75) is 32.2 Å². The number of aryl methyl sites for hydroxylation is 1. The summed E-state index contributed by atoms with van der Waals surface area (Å²) in [4.78, 5) is 4.32. The second-order valence-electron chi connectivity index (χ2n) is 3.48. The van der Waals surface area contributed by atoms with Crippen LogP contribution in [0.25, 0.3) is 0 Å². The van der Waals surface area contributed by atoms with Crippen molar-refractivity contribution in [1.29, 1.82) is 5.26 Å². The standard InChI is InChI=1S/C10H12ClN3/c11-5-4-10-13-8(7-12)9-3-1-2-6-14(9)10/h1-6H2. The van der Waals surface area contributed by atoms with Crippen LogP contribution >= 0.6 is 11.6 Å². The largest absolute Gasteiger partial charge is 0.331 e. The molecule has 0 atom stereocenters. The minimum Gasteiger partial charge on any atom is -0.331 e. The van der Waals surface area contributed by atoms with Crippen molar-refractivity contribution in [3.8, 4) is 6.07 Å². The molecule has 0 N–H and O–H groups in total. The van der Waals surface area contributed by atoms with Crippen molar-refractivity contribution >= 4 is 11.6 Å². The Morgan fingerprint density at radius 1 is 1.50 bits per heavy atom. The van der Waals surface area contributed by atoms with Crippen LogP contribution < -0.4 is 0 Å². The quantitative estimate of drug-likeness (QED) is 0.698. The van der Waals surface area contributed by atoms with Gasteiger partial charge in [-0.1, -0.05) is 0 Å². The predicted molar refractivity (Wildman–Crippen MR) is 54.3 cm³/mol. The van der Waals surface area contributed by atoms with Crippen molar-refractivity contribution < 1.29 is 0 Å². The first-order valence-corrected chi connectivity index (χ1v) is 5.44. The molecular weight excluding hydrogens is 198 g/mol. The molecule has 1 aliphatic heterocycles. The topological polar surface area (TPSA) is 41.6 Å². The molecule has 0 spiro atoms. The number of aromatic nitrogens is 2. The molecular formula is C10H12ClN3. The van der Waals surface area contributed by atoms with Crippen molar-refractivity contribution in [3.63, 3.8) is 0 Å². The highest BCUT2D eigenvalue weighted by atomic mass is 35.5. The lowest BCUT2D eigenvalue weighted by molar-refractivity contribution is 0.516. The van der Waals surface area contributed by atoms with Gasteiger partial charge in [0.05, 0.1) is 5.69 Å². The lowest BCUT2D eigenvalue weighted by atomic mass is 10.1. The lowest BCUT2D eigenvalue weighted by Crippen LogP contribution is -2.13. The average molecular weight is 210 g/mol. The number of hydrogen-bond donors (Lipinski definition) is 0. The van der Waals surface area contributed by atoms with Gasteiger partial charge in [0.15, 0.2) is 5.69 Å². The number of fused-ring (bicyclic) bond motifs is 1. The highest BCUT2D eigenvalue weighted by molar-refractivity contribution is 6.17. The van der Waals surface area contributed by atoms with Gasteiger partial charge in [0.1, 0.15) is 11.9 Å². The Bertz CT molecular complexity index is 375. The fraction of sp³-hybridized carbons (Fsp3) is 0.600. The molecule has 2 heterocycles. The van der Waals surface area contributed by atoms with Crippen LogP contribution in [0.4, 0.5) is 0 Å². The maximum Gasteiger partial charge on any atom is 0.161 e. The Morgan fingerprint density at radius 3 is 3.07 bits per heavy atom. The fourth-order valence-electron chi connectivity index (χ4n) is 1.98. The number of alkyl halides is 1. The van der Waals surface area contributed by atoms with Crippen LogP contribution in [0.5, 0.6) is 0 Å². The van der Waals surface area contributed by atoms with Gasteiger partial charge in [0, 0.05) is 18.8 Å². The van der Waals surface area contributed by atoms with Gasteiger partial charge in [-0.3, -0.25) is 0 Å². The van der Waals surface area contributed by atoms with Gasteiger partial charge < -0.3 is 4.57 Å². The number of nitriles is 1. The molecule has 1 aliphatic rings. The summed E-state index contributed by atoms with van der Waals surface area (Å²) in [5.41, 5.74) is 1.71. The molecule has 4 heteroatoms. The minimum atomic E-state index is 0.571. The van der Waals surface area contributed by atoms with Crippen molar-refractivity contribution in [1.82, 2.24) is 9.55 Å². The second-order valence-corrected chi connectivity index (χ2v) is 3.86. The molecule has 0 unspecified atom stereocenters. The van der Waals surface area contributed by atoms with Crippen LogP contribution in [0.15, 0.2) is 0 Å². The predicted octanol–water partition coefficient (Wildman–Crippen LogP) is 1.87. The van der Waals surface area contributed by atoms with E-state index in [4.69, 9.17) is 16.9 Å². The maximum atomic E-state index is 8.92. The third-order valence-electron chi connectivity index (χ3n) is 2.62. The zero-order valence-corrected chi connectivity index (χ0v) is 8.72. The lowest BCUT2D eigenvalue weighted by Gasteiger charge is -2.16. The van der Waals surface area contributed by atoms with Gasteiger partial charge in [0.2, 0.25) is 0 Å². The Labute approximate surface area is 88.3 Å². The van der Waals surface area contributed by atoms with Crippen molar-refractivity contribution in [2.24, 2.45) is 0 Å². The fourth-order valence-corrected chi connectivity index (χ4v) is 2.15. The van der Waals surface area contributed by atoms with Gasteiger partial charge in [-0.2, -0.15) is 5.26 Å².